The molecule has 7 heteroatoms. The van der Waals surface area contributed by atoms with Gasteiger partial charge in [-0.3, -0.25) is 4.79 Å². The summed E-state index contributed by atoms with van der Waals surface area (Å²) in [5.74, 6) is 0.0320. The second kappa shape index (κ2) is 4.55. The minimum Gasteiger partial charge on any atom is -0.397 e. The Morgan fingerprint density at radius 1 is 1.61 bits per heavy atom. The van der Waals surface area contributed by atoms with Crippen molar-refractivity contribution in [3.63, 3.8) is 0 Å². The Bertz CT molecular complexity index is 639. The van der Waals surface area contributed by atoms with Gasteiger partial charge in [0.2, 0.25) is 0 Å². The molecular weight excluding hydrogens is 232 g/mol. The first kappa shape index (κ1) is 11.6. The molecule has 2 aromatic heterocycles. The third-order valence-corrected chi connectivity index (χ3v) is 2.27. The molecule has 2 heterocycles. The number of nitrogens with one attached hydrogen (secondary N) is 1. The monoisotopic (exact) mass is 242 g/mol. The van der Waals surface area contributed by atoms with E-state index in [2.05, 4.69) is 15.4 Å². The number of rotatable bonds is 2. The van der Waals surface area contributed by atoms with Gasteiger partial charge in [0.15, 0.2) is 11.5 Å². The van der Waals surface area contributed by atoms with Crippen LogP contribution < -0.4 is 11.1 Å². The number of amides is 1. The number of hydrogen-bond donors (Lipinski definition) is 2. The molecule has 90 valence electrons. The Labute approximate surface area is 103 Å². The van der Waals surface area contributed by atoms with E-state index in [1.54, 1.807) is 6.20 Å². The van der Waals surface area contributed by atoms with Crippen molar-refractivity contribution in [1.82, 2.24) is 20.1 Å². The smallest absolute Gasteiger partial charge is 0.271 e. The highest BCUT2D eigenvalue weighted by molar-refractivity contribution is 5.91. The molecule has 0 aliphatic carbocycles. The molecule has 2 aromatic rings. The highest BCUT2D eigenvalue weighted by Gasteiger charge is 2.11. The molecule has 0 atom stereocenters. The number of nitrogens with zero attached hydrogens (tertiary/aromatic N) is 4. The van der Waals surface area contributed by atoms with Crippen molar-refractivity contribution in [3.8, 4) is 11.9 Å². The molecule has 1 amide bonds. The minimum atomic E-state index is -0.303. The van der Waals surface area contributed by atoms with E-state index < -0.39 is 0 Å². The van der Waals surface area contributed by atoms with Gasteiger partial charge in [-0.2, -0.15) is 10.4 Å². The maximum absolute atomic E-state index is 11.4. The van der Waals surface area contributed by atoms with Gasteiger partial charge in [-0.15, -0.1) is 0 Å². The molecule has 0 saturated heterocycles. The van der Waals surface area contributed by atoms with Gasteiger partial charge in [-0.25, -0.2) is 9.67 Å². The van der Waals surface area contributed by atoms with Gasteiger partial charge in [0.25, 0.3) is 5.91 Å². The molecule has 18 heavy (non-hydrogen) atoms. The molecule has 0 radical (unpaired) electrons. The first-order chi connectivity index (χ1) is 8.65. The molecule has 3 N–H and O–H groups in total. The summed E-state index contributed by atoms with van der Waals surface area (Å²) in [4.78, 5) is 15.4. The second-order valence-electron chi connectivity index (χ2n) is 3.48. The van der Waals surface area contributed by atoms with Gasteiger partial charge in [0.1, 0.15) is 6.07 Å². The average molecular weight is 242 g/mol. The van der Waals surface area contributed by atoms with Gasteiger partial charge in [-0.05, 0) is 12.1 Å². The van der Waals surface area contributed by atoms with Crippen LogP contribution >= 0.6 is 0 Å². The first-order valence-electron chi connectivity index (χ1n) is 5.09. The fourth-order valence-electron chi connectivity index (χ4n) is 1.43. The second-order valence-corrected chi connectivity index (χ2v) is 3.48. The summed E-state index contributed by atoms with van der Waals surface area (Å²) in [6.07, 6.45) is 2.99. The maximum atomic E-state index is 11.4. The topological polar surface area (TPSA) is 110 Å². The van der Waals surface area contributed by atoms with E-state index in [-0.39, 0.29) is 11.6 Å². The number of anilines is 1. The Balaban J connectivity index is 2.47. The van der Waals surface area contributed by atoms with E-state index in [9.17, 15) is 4.79 Å². The highest BCUT2D eigenvalue weighted by atomic mass is 16.1. The summed E-state index contributed by atoms with van der Waals surface area (Å²) >= 11 is 0. The van der Waals surface area contributed by atoms with Crippen LogP contribution in [0.15, 0.2) is 24.5 Å². The lowest BCUT2D eigenvalue weighted by molar-refractivity contribution is 0.0957. The summed E-state index contributed by atoms with van der Waals surface area (Å²) in [5.41, 5.74) is 6.49. The largest absolute Gasteiger partial charge is 0.397 e. The summed E-state index contributed by atoms with van der Waals surface area (Å²) in [7, 11) is 1.52. The fourth-order valence-corrected chi connectivity index (χ4v) is 1.43. The molecule has 0 unspecified atom stereocenters. The predicted octanol–water partition coefficient (Wildman–Crippen LogP) is 0.0808. The Kier molecular flexibility index (Phi) is 2.93. The standard InChI is InChI=1S/C11H10N6O/c1-14-11(18)9-2-3-17(16-9)10-7(5-12)4-8(13)6-15-10/h2-4,6H,13H2,1H3,(H,14,18). The van der Waals surface area contributed by atoms with Crippen molar-refractivity contribution in [2.75, 3.05) is 12.8 Å². The molecular formula is C11H10N6O. The highest BCUT2D eigenvalue weighted by Crippen LogP contribution is 2.13. The number of nitrogens with two attached hydrogens (primary N) is 1. The van der Waals surface area contributed by atoms with Crippen LogP contribution in [0, 0.1) is 11.3 Å². The summed E-state index contributed by atoms with van der Waals surface area (Å²) in [6, 6.07) is 5.03. The van der Waals surface area contributed by atoms with Crippen LogP contribution in [0.4, 0.5) is 5.69 Å². The van der Waals surface area contributed by atoms with Gasteiger partial charge < -0.3 is 11.1 Å². The molecule has 0 spiro atoms. The maximum Gasteiger partial charge on any atom is 0.271 e. The minimum absolute atomic E-state index is 0.250. The fraction of sp³-hybridized carbons (Fsp3) is 0.0909. The number of aromatic nitrogens is 3. The number of hydrogen-bond acceptors (Lipinski definition) is 5. The van der Waals surface area contributed by atoms with E-state index >= 15 is 0 Å². The number of carbonyl (C=O) groups is 1. The molecule has 0 fully saturated rings. The molecule has 0 aliphatic rings. The van der Waals surface area contributed by atoms with Gasteiger partial charge in [-0.1, -0.05) is 0 Å². The molecule has 2 rings (SSSR count). The number of nitriles is 1. The SMILES string of the molecule is CNC(=O)c1ccn(-c2ncc(N)cc2C#N)n1. The van der Waals surface area contributed by atoms with Crippen molar-refractivity contribution in [2.24, 2.45) is 0 Å². The normalized spacial score (nSPS) is 9.78. The van der Waals surface area contributed by atoms with E-state index in [0.29, 0.717) is 17.1 Å². The van der Waals surface area contributed by atoms with Crippen molar-refractivity contribution in [2.45, 2.75) is 0 Å². The van der Waals surface area contributed by atoms with Gasteiger partial charge >= 0.3 is 0 Å². The Hall–Kier alpha value is -2.88. The van der Waals surface area contributed by atoms with E-state index in [4.69, 9.17) is 11.0 Å². The van der Waals surface area contributed by atoms with Crippen LogP contribution in [0.25, 0.3) is 5.82 Å². The lowest BCUT2D eigenvalue weighted by Gasteiger charge is -2.03. The van der Waals surface area contributed by atoms with Crippen LogP contribution in [0.2, 0.25) is 0 Å². The lowest BCUT2D eigenvalue weighted by atomic mass is 10.2. The van der Waals surface area contributed by atoms with Crippen LogP contribution in [0.3, 0.4) is 0 Å². The quantitative estimate of drug-likeness (QED) is 0.775. The van der Waals surface area contributed by atoms with Crippen molar-refractivity contribution < 1.29 is 4.79 Å². The van der Waals surface area contributed by atoms with Gasteiger partial charge in [0, 0.05) is 13.2 Å². The summed E-state index contributed by atoms with van der Waals surface area (Å²) in [5, 5.41) is 15.5. The lowest BCUT2D eigenvalue weighted by Crippen LogP contribution is -2.18. The molecule has 0 saturated carbocycles. The number of nitrogen functional groups attached to an aromatic ring is 1. The zero-order chi connectivity index (χ0) is 13.1. The predicted molar refractivity (Wildman–Crippen MR) is 63.9 cm³/mol. The van der Waals surface area contributed by atoms with Crippen LogP contribution in [-0.4, -0.2) is 27.7 Å². The van der Waals surface area contributed by atoms with E-state index in [1.807, 2.05) is 6.07 Å². The summed E-state index contributed by atoms with van der Waals surface area (Å²) < 4.78 is 1.36. The Morgan fingerprint density at radius 2 is 2.39 bits per heavy atom. The van der Waals surface area contributed by atoms with Crippen molar-refractivity contribution in [3.05, 3.63) is 35.8 Å². The third-order valence-electron chi connectivity index (χ3n) is 2.27. The molecule has 7 nitrogen and oxygen atoms in total. The van der Waals surface area contributed by atoms with Gasteiger partial charge in [0.05, 0.1) is 17.4 Å². The molecule has 0 aromatic carbocycles. The zero-order valence-corrected chi connectivity index (χ0v) is 9.58. The van der Waals surface area contributed by atoms with Crippen molar-refractivity contribution >= 4 is 11.6 Å². The number of pyridine rings is 1. The van der Waals surface area contributed by atoms with Crippen LogP contribution in [-0.2, 0) is 0 Å². The number of carbonyl (C=O) groups excluding carboxylic acids is 1. The zero-order valence-electron chi connectivity index (χ0n) is 9.58. The Morgan fingerprint density at radius 3 is 3.06 bits per heavy atom. The summed E-state index contributed by atoms with van der Waals surface area (Å²) in [6.45, 7) is 0. The first-order valence-corrected chi connectivity index (χ1v) is 5.09. The average Bonchev–Trinajstić information content (AvgIpc) is 2.87. The van der Waals surface area contributed by atoms with Crippen molar-refractivity contribution in [1.29, 1.82) is 5.26 Å². The van der Waals surface area contributed by atoms with Crippen LogP contribution in [0.5, 0.6) is 0 Å². The molecule has 0 bridgehead atoms. The van der Waals surface area contributed by atoms with E-state index in [0.717, 1.165) is 0 Å². The van der Waals surface area contributed by atoms with Crippen LogP contribution in [0.1, 0.15) is 16.1 Å². The third kappa shape index (κ3) is 1.99. The molecule has 0 aliphatic heterocycles. The van der Waals surface area contributed by atoms with E-state index in [1.165, 1.54) is 30.1 Å².